The summed E-state index contributed by atoms with van der Waals surface area (Å²) in [6.45, 7) is 9.37. The van der Waals surface area contributed by atoms with Gasteiger partial charge >= 0.3 is 0 Å². The first kappa shape index (κ1) is 15.7. The van der Waals surface area contributed by atoms with Gasteiger partial charge in [0.1, 0.15) is 0 Å². The van der Waals surface area contributed by atoms with E-state index in [1.54, 1.807) is 0 Å². The summed E-state index contributed by atoms with van der Waals surface area (Å²) in [6, 6.07) is 11.1. The second kappa shape index (κ2) is 6.83. The van der Waals surface area contributed by atoms with Crippen molar-refractivity contribution in [1.82, 2.24) is 10.2 Å². The molecule has 1 aromatic carbocycles. The van der Waals surface area contributed by atoms with E-state index in [4.69, 9.17) is 0 Å². The predicted octanol–water partition coefficient (Wildman–Crippen LogP) is 1.96. The molecular weight excluding hydrogens is 268 g/mol. The average Bonchev–Trinajstić information content (AvgIpc) is 2.49. The molecule has 0 spiro atoms. The molecule has 0 bridgehead atoms. The molecule has 0 aromatic heterocycles. The molecule has 3 unspecified atom stereocenters. The minimum atomic E-state index is -0.675. The smallest absolute Gasteiger partial charge is 0.0535 e. The SMILES string of the molecule is CCS(=O)CCN1CC(C)(c2ccccc2)NCC1C. The van der Waals surface area contributed by atoms with E-state index >= 15 is 0 Å². The van der Waals surface area contributed by atoms with E-state index in [9.17, 15) is 4.21 Å². The molecule has 0 amide bonds. The molecule has 0 aliphatic carbocycles. The summed E-state index contributed by atoms with van der Waals surface area (Å²) in [4.78, 5) is 2.47. The van der Waals surface area contributed by atoms with Crippen molar-refractivity contribution in [2.24, 2.45) is 0 Å². The second-order valence-electron chi connectivity index (χ2n) is 5.83. The lowest BCUT2D eigenvalue weighted by Crippen LogP contribution is -2.60. The molecule has 3 nitrogen and oxygen atoms in total. The molecule has 2 rings (SSSR count). The molecule has 20 heavy (non-hydrogen) atoms. The number of nitrogens with one attached hydrogen (secondary N) is 1. The van der Waals surface area contributed by atoms with E-state index in [1.807, 2.05) is 6.92 Å². The molecule has 1 fully saturated rings. The van der Waals surface area contributed by atoms with Gasteiger partial charge < -0.3 is 5.32 Å². The van der Waals surface area contributed by atoms with Crippen LogP contribution in [0.3, 0.4) is 0 Å². The predicted molar refractivity (Wildman–Crippen MR) is 86.4 cm³/mol. The van der Waals surface area contributed by atoms with Crippen LogP contribution in [-0.2, 0) is 16.3 Å². The monoisotopic (exact) mass is 294 g/mol. The molecule has 1 aliphatic heterocycles. The molecule has 1 aromatic rings. The number of benzene rings is 1. The summed E-state index contributed by atoms with van der Waals surface area (Å²) < 4.78 is 11.7. The molecular formula is C16H26N2OS. The molecule has 1 aliphatic rings. The Hall–Kier alpha value is -0.710. The Labute approximate surface area is 125 Å². The first-order valence-corrected chi connectivity index (χ1v) is 8.93. The van der Waals surface area contributed by atoms with Crippen LogP contribution in [0.2, 0.25) is 0 Å². The van der Waals surface area contributed by atoms with E-state index in [-0.39, 0.29) is 5.54 Å². The maximum Gasteiger partial charge on any atom is 0.0535 e. The number of hydrogen-bond acceptors (Lipinski definition) is 3. The summed E-state index contributed by atoms with van der Waals surface area (Å²) in [5.74, 6) is 1.54. The normalized spacial score (nSPS) is 29.2. The Bertz CT molecular complexity index is 451. The third-order valence-electron chi connectivity index (χ3n) is 4.27. The van der Waals surface area contributed by atoms with Crippen LogP contribution in [0.4, 0.5) is 0 Å². The number of nitrogens with zero attached hydrogens (tertiary/aromatic N) is 1. The first-order valence-electron chi connectivity index (χ1n) is 7.45. The molecule has 1 N–H and O–H groups in total. The van der Waals surface area contributed by atoms with Crippen LogP contribution in [0.1, 0.15) is 26.3 Å². The minimum absolute atomic E-state index is 0.0124. The third-order valence-corrected chi connectivity index (χ3v) is 5.55. The van der Waals surface area contributed by atoms with E-state index in [2.05, 4.69) is 54.4 Å². The maximum atomic E-state index is 11.7. The van der Waals surface area contributed by atoms with E-state index < -0.39 is 10.8 Å². The van der Waals surface area contributed by atoms with Crippen molar-refractivity contribution in [2.75, 3.05) is 31.1 Å². The summed E-state index contributed by atoms with van der Waals surface area (Å²) in [6.07, 6.45) is 0. The first-order chi connectivity index (χ1) is 9.55. The highest BCUT2D eigenvalue weighted by Gasteiger charge is 2.35. The van der Waals surface area contributed by atoms with Crippen LogP contribution in [0.15, 0.2) is 30.3 Å². The highest BCUT2D eigenvalue weighted by molar-refractivity contribution is 7.84. The zero-order valence-electron chi connectivity index (χ0n) is 12.8. The number of rotatable bonds is 5. The fourth-order valence-electron chi connectivity index (χ4n) is 2.78. The molecule has 1 heterocycles. The molecule has 0 radical (unpaired) electrons. The van der Waals surface area contributed by atoms with Gasteiger partial charge in [-0.05, 0) is 19.4 Å². The van der Waals surface area contributed by atoms with Gasteiger partial charge in [-0.2, -0.15) is 0 Å². The zero-order chi connectivity index (χ0) is 14.6. The summed E-state index contributed by atoms with van der Waals surface area (Å²) in [7, 11) is -0.675. The largest absolute Gasteiger partial charge is 0.305 e. The van der Waals surface area contributed by atoms with Gasteiger partial charge in [0.2, 0.25) is 0 Å². The lowest BCUT2D eigenvalue weighted by atomic mass is 9.88. The minimum Gasteiger partial charge on any atom is -0.305 e. The lowest BCUT2D eigenvalue weighted by Gasteiger charge is -2.45. The lowest BCUT2D eigenvalue weighted by molar-refractivity contribution is 0.101. The maximum absolute atomic E-state index is 11.7. The highest BCUT2D eigenvalue weighted by atomic mass is 32.2. The van der Waals surface area contributed by atoms with Crippen molar-refractivity contribution >= 4 is 10.8 Å². The quantitative estimate of drug-likeness (QED) is 0.901. The van der Waals surface area contributed by atoms with Gasteiger partial charge in [-0.25, -0.2) is 0 Å². The summed E-state index contributed by atoms with van der Waals surface area (Å²) in [5.41, 5.74) is 1.31. The molecule has 0 saturated carbocycles. The second-order valence-corrected chi connectivity index (χ2v) is 7.70. The molecule has 112 valence electrons. The summed E-state index contributed by atoms with van der Waals surface area (Å²) >= 11 is 0. The van der Waals surface area contributed by atoms with Crippen molar-refractivity contribution in [3.8, 4) is 0 Å². The zero-order valence-corrected chi connectivity index (χ0v) is 13.6. The number of piperazine rings is 1. The Morgan fingerprint density at radius 3 is 2.75 bits per heavy atom. The molecule has 4 heteroatoms. The highest BCUT2D eigenvalue weighted by Crippen LogP contribution is 2.26. The Morgan fingerprint density at radius 1 is 1.40 bits per heavy atom. The van der Waals surface area contributed by atoms with Gasteiger partial charge in [-0.15, -0.1) is 0 Å². The van der Waals surface area contributed by atoms with Crippen LogP contribution >= 0.6 is 0 Å². The van der Waals surface area contributed by atoms with Gasteiger partial charge in [-0.3, -0.25) is 9.11 Å². The van der Waals surface area contributed by atoms with Crippen molar-refractivity contribution in [3.05, 3.63) is 35.9 Å². The van der Waals surface area contributed by atoms with Crippen LogP contribution in [-0.4, -0.2) is 46.3 Å². The van der Waals surface area contributed by atoms with E-state index in [0.29, 0.717) is 6.04 Å². The van der Waals surface area contributed by atoms with Crippen molar-refractivity contribution in [1.29, 1.82) is 0 Å². The standard InChI is InChI=1S/C16H26N2OS/c1-4-20(19)11-10-18-13-16(3,17-12-14(18)2)15-8-6-5-7-9-15/h5-9,14,17H,4,10-13H2,1-3H3. The van der Waals surface area contributed by atoms with Gasteiger partial charge in [0.25, 0.3) is 0 Å². The van der Waals surface area contributed by atoms with Crippen molar-refractivity contribution in [3.63, 3.8) is 0 Å². The number of hydrogen-bond donors (Lipinski definition) is 1. The van der Waals surface area contributed by atoms with Gasteiger partial charge in [0, 0.05) is 48.0 Å². The third kappa shape index (κ3) is 3.68. The Kier molecular flexibility index (Phi) is 5.35. The van der Waals surface area contributed by atoms with Gasteiger partial charge in [0.15, 0.2) is 0 Å². The van der Waals surface area contributed by atoms with Crippen LogP contribution < -0.4 is 5.32 Å². The van der Waals surface area contributed by atoms with Crippen LogP contribution in [0, 0.1) is 0 Å². The topological polar surface area (TPSA) is 32.3 Å². The van der Waals surface area contributed by atoms with E-state index in [1.165, 1.54) is 5.56 Å². The Morgan fingerprint density at radius 2 is 2.10 bits per heavy atom. The van der Waals surface area contributed by atoms with Crippen molar-refractivity contribution in [2.45, 2.75) is 32.4 Å². The Balaban J connectivity index is 2.05. The molecule has 1 saturated heterocycles. The van der Waals surface area contributed by atoms with E-state index in [0.717, 1.165) is 31.1 Å². The van der Waals surface area contributed by atoms with Crippen molar-refractivity contribution < 1.29 is 4.21 Å². The average molecular weight is 294 g/mol. The van der Waals surface area contributed by atoms with Crippen LogP contribution in [0.25, 0.3) is 0 Å². The van der Waals surface area contributed by atoms with Gasteiger partial charge in [0.05, 0.1) is 5.54 Å². The summed E-state index contributed by atoms with van der Waals surface area (Å²) in [5, 5.41) is 3.68. The molecule has 3 atom stereocenters. The fraction of sp³-hybridized carbons (Fsp3) is 0.625. The van der Waals surface area contributed by atoms with Gasteiger partial charge in [-0.1, -0.05) is 37.3 Å². The fourth-order valence-corrected chi connectivity index (χ4v) is 3.51. The van der Waals surface area contributed by atoms with Crippen LogP contribution in [0.5, 0.6) is 0 Å².